The molecule has 0 aromatic heterocycles. The van der Waals surface area contributed by atoms with Crippen LogP contribution in [0.2, 0.25) is 0 Å². The van der Waals surface area contributed by atoms with E-state index in [0.717, 1.165) is 0 Å². The van der Waals surface area contributed by atoms with E-state index in [-0.39, 0.29) is 12.8 Å². The van der Waals surface area contributed by atoms with Crippen molar-refractivity contribution in [1.29, 1.82) is 0 Å². The van der Waals surface area contributed by atoms with Gasteiger partial charge in [-0.2, -0.15) is 13.2 Å². The number of benzene rings is 1. The van der Waals surface area contributed by atoms with Gasteiger partial charge in [0.1, 0.15) is 0 Å². The maximum atomic E-state index is 12.7. The lowest BCUT2D eigenvalue weighted by Crippen LogP contribution is -2.27. The van der Waals surface area contributed by atoms with E-state index < -0.39 is 12.1 Å². The zero-order valence-corrected chi connectivity index (χ0v) is 12.4. The molecular formula is C17H23F3. The molecule has 20 heavy (non-hydrogen) atoms. The zero-order valence-electron chi connectivity index (χ0n) is 12.4. The summed E-state index contributed by atoms with van der Waals surface area (Å²) >= 11 is 0. The van der Waals surface area contributed by atoms with E-state index in [0.29, 0.717) is 24.7 Å². The lowest BCUT2D eigenvalue weighted by atomic mass is 9.77. The van der Waals surface area contributed by atoms with Gasteiger partial charge in [0.25, 0.3) is 0 Å². The highest BCUT2D eigenvalue weighted by Crippen LogP contribution is 2.43. The minimum absolute atomic E-state index is 0.277. The van der Waals surface area contributed by atoms with Crippen molar-refractivity contribution < 1.29 is 13.2 Å². The summed E-state index contributed by atoms with van der Waals surface area (Å²) in [5.41, 5.74) is 3.77. The van der Waals surface area contributed by atoms with Crippen LogP contribution in [0.25, 0.3) is 0 Å². The average molecular weight is 284 g/mol. The lowest BCUT2D eigenvalue weighted by Gasteiger charge is -2.31. The van der Waals surface area contributed by atoms with Gasteiger partial charge in [0.15, 0.2) is 0 Å². The Morgan fingerprint density at radius 1 is 1.05 bits per heavy atom. The summed E-state index contributed by atoms with van der Waals surface area (Å²) in [5, 5.41) is 0. The molecule has 1 aromatic rings. The first kappa shape index (κ1) is 15.4. The summed E-state index contributed by atoms with van der Waals surface area (Å²) in [7, 11) is 0. The van der Waals surface area contributed by atoms with E-state index in [9.17, 15) is 13.2 Å². The van der Waals surface area contributed by atoms with Crippen molar-refractivity contribution in [3.63, 3.8) is 0 Å². The fourth-order valence-electron chi connectivity index (χ4n) is 3.25. The van der Waals surface area contributed by atoms with Gasteiger partial charge in [-0.05, 0) is 61.1 Å². The normalized spacial score (nSPS) is 24.1. The number of aryl methyl sites for hydroxylation is 1. The Morgan fingerprint density at radius 2 is 1.65 bits per heavy atom. The standard InChI is InChI=1S/C17H23F3/c1-11(2)14-6-9-16(12(3)10-14)13-4-7-15(8-5-13)17(18,19)20/h6,9-11,13,15H,4-5,7-8H2,1-3H3. The quantitative estimate of drug-likeness (QED) is 0.629. The molecule has 0 saturated heterocycles. The molecule has 3 heteroatoms. The van der Waals surface area contributed by atoms with Crippen molar-refractivity contribution >= 4 is 0 Å². The second kappa shape index (κ2) is 5.79. The highest BCUT2D eigenvalue weighted by molar-refractivity contribution is 5.35. The molecule has 1 fully saturated rings. The number of halogens is 3. The van der Waals surface area contributed by atoms with Crippen molar-refractivity contribution in [1.82, 2.24) is 0 Å². The summed E-state index contributed by atoms with van der Waals surface area (Å²) in [5.74, 6) is -0.299. The molecule has 0 N–H and O–H groups in total. The Labute approximate surface area is 119 Å². The van der Waals surface area contributed by atoms with Crippen LogP contribution in [-0.4, -0.2) is 6.18 Å². The Bertz CT molecular complexity index is 452. The summed E-state index contributed by atoms with van der Waals surface area (Å²) in [6.07, 6.45) is -2.14. The third kappa shape index (κ3) is 3.36. The topological polar surface area (TPSA) is 0 Å². The van der Waals surface area contributed by atoms with E-state index in [2.05, 4.69) is 39.0 Å². The van der Waals surface area contributed by atoms with E-state index in [4.69, 9.17) is 0 Å². The third-order valence-corrected chi connectivity index (χ3v) is 4.59. The van der Waals surface area contributed by atoms with Gasteiger partial charge in [0.2, 0.25) is 0 Å². The molecule has 1 aliphatic rings. The molecule has 1 aliphatic carbocycles. The van der Waals surface area contributed by atoms with Gasteiger partial charge in [-0.3, -0.25) is 0 Å². The van der Waals surface area contributed by atoms with Gasteiger partial charge in [-0.25, -0.2) is 0 Å². The highest BCUT2D eigenvalue weighted by Gasteiger charge is 2.41. The smallest absolute Gasteiger partial charge is 0.171 e. The zero-order chi connectivity index (χ0) is 14.9. The molecule has 0 aliphatic heterocycles. The van der Waals surface area contributed by atoms with Crippen LogP contribution < -0.4 is 0 Å². The number of rotatable bonds is 2. The predicted molar refractivity (Wildman–Crippen MR) is 76.0 cm³/mol. The highest BCUT2D eigenvalue weighted by atomic mass is 19.4. The molecular weight excluding hydrogens is 261 g/mol. The van der Waals surface area contributed by atoms with Crippen LogP contribution in [0.1, 0.15) is 68.1 Å². The second-order valence-electron chi connectivity index (χ2n) is 6.36. The van der Waals surface area contributed by atoms with Crippen LogP contribution in [0.3, 0.4) is 0 Å². The third-order valence-electron chi connectivity index (χ3n) is 4.59. The lowest BCUT2D eigenvalue weighted by molar-refractivity contribution is -0.182. The largest absolute Gasteiger partial charge is 0.391 e. The fraction of sp³-hybridized carbons (Fsp3) is 0.647. The van der Waals surface area contributed by atoms with Crippen LogP contribution in [0.4, 0.5) is 13.2 Å². The van der Waals surface area contributed by atoms with Gasteiger partial charge in [-0.1, -0.05) is 32.0 Å². The maximum absolute atomic E-state index is 12.7. The minimum Gasteiger partial charge on any atom is -0.171 e. The first-order chi connectivity index (χ1) is 9.29. The van der Waals surface area contributed by atoms with Crippen molar-refractivity contribution in [3.8, 4) is 0 Å². The monoisotopic (exact) mass is 284 g/mol. The summed E-state index contributed by atoms with van der Waals surface area (Å²) in [6.45, 7) is 6.39. The molecule has 112 valence electrons. The Balaban J connectivity index is 2.07. The molecule has 0 radical (unpaired) electrons. The SMILES string of the molecule is Cc1cc(C(C)C)ccc1C1CCC(C(F)(F)F)CC1. The van der Waals surface area contributed by atoms with Crippen molar-refractivity contribution in [2.75, 3.05) is 0 Å². The Kier molecular flexibility index (Phi) is 4.46. The fourth-order valence-corrected chi connectivity index (χ4v) is 3.25. The second-order valence-corrected chi connectivity index (χ2v) is 6.36. The maximum Gasteiger partial charge on any atom is 0.391 e. The molecule has 1 aromatic carbocycles. The molecule has 0 unspecified atom stereocenters. The van der Waals surface area contributed by atoms with Crippen LogP contribution in [0, 0.1) is 12.8 Å². The Morgan fingerprint density at radius 3 is 2.10 bits per heavy atom. The molecule has 1 saturated carbocycles. The van der Waals surface area contributed by atoms with E-state index in [1.54, 1.807) is 0 Å². The van der Waals surface area contributed by atoms with E-state index >= 15 is 0 Å². The van der Waals surface area contributed by atoms with Gasteiger partial charge in [0, 0.05) is 0 Å². The van der Waals surface area contributed by atoms with Crippen LogP contribution >= 0.6 is 0 Å². The van der Waals surface area contributed by atoms with Crippen LogP contribution in [0.5, 0.6) is 0 Å². The van der Waals surface area contributed by atoms with Crippen molar-refractivity contribution in [2.45, 2.75) is 64.5 Å². The molecule has 0 spiro atoms. The van der Waals surface area contributed by atoms with Crippen molar-refractivity contribution in [2.24, 2.45) is 5.92 Å². The van der Waals surface area contributed by atoms with Crippen LogP contribution in [0.15, 0.2) is 18.2 Å². The molecule has 0 amide bonds. The first-order valence-corrected chi connectivity index (χ1v) is 7.46. The van der Waals surface area contributed by atoms with E-state index in [1.165, 1.54) is 16.7 Å². The van der Waals surface area contributed by atoms with Gasteiger partial charge < -0.3 is 0 Å². The summed E-state index contributed by atoms with van der Waals surface area (Å²) < 4.78 is 38.1. The van der Waals surface area contributed by atoms with Gasteiger partial charge in [0.05, 0.1) is 5.92 Å². The first-order valence-electron chi connectivity index (χ1n) is 7.46. The van der Waals surface area contributed by atoms with Crippen LogP contribution in [-0.2, 0) is 0 Å². The minimum atomic E-state index is -4.01. The average Bonchev–Trinajstić information content (AvgIpc) is 2.37. The molecule has 0 nitrogen and oxygen atoms in total. The Hall–Kier alpha value is -0.990. The molecule has 0 heterocycles. The van der Waals surface area contributed by atoms with Crippen molar-refractivity contribution in [3.05, 3.63) is 34.9 Å². The summed E-state index contributed by atoms with van der Waals surface area (Å²) in [4.78, 5) is 0. The van der Waals surface area contributed by atoms with Gasteiger partial charge in [-0.15, -0.1) is 0 Å². The summed E-state index contributed by atoms with van der Waals surface area (Å²) in [6, 6.07) is 6.45. The predicted octanol–water partition coefficient (Wildman–Crippen LogP) is 5.95. The number of alkyl halides is 3. The number of hydrogen-bond donors (Lipinski definition) is 0. The molecule has 2 rings (SSSR count). The number of hydrogen-bond acceptors (Lipinski definition) is 0. The molecule has 0 atom stereocenters. The van der Waals surface area contributed by atoms with E-state index in [1.807, 2.05) is 0 Å². The molecule has 0 bridgehead atoms. The van der Waals surface area contributed by atoms with Gasteiger partial charge >= 0.3 is 6.18 Å².